The summed E-state index contributed by atoms with van der Waals surface area (Å²) in [6.07, 6.45) is 6.51. The highest BCUT2D eigenvalue weighted by Gasteiger charge is 2.40. The van der Waals surface area contributed by atoms with Crippen molar-refractivity contribution >= 4 is 5.57 Å². The van der Waals surface area contributed by atoms with Crippen molar-refractivity contribution in [3.63, 3.8) is 0 Å². The Morgan fingerprint density at radius 2 is 1.36 bits per heavy atom. The zero-order valence-corrected chi connectivity index (χ0v) is 21.5. The van der Waals surface area contributed by atoms with Gasteiger partial charge in [-0.15, -0.1) is 0 Å². The van der Waals surface area contributed by atoms with Crippen LogP contribution in [0.4, 0.5) is 0 Å². The topological polar surface area (TPSA) is 63.9 Å². The Morgan fingerprint density at radius 1 is 0.806 bits per heavy atom. The summed E-state index contributed by atoms with van der Waals surface area (Å²) in [4.78, 5) is 2.12. The van der Waals surface area contributed by atoms with Gasteiger partial charge in [0.1, 0.15) is 11.5 Å². The fraction of sp³-hybridized carbons (Fsp3) is 0.375. The van der Waals surface area contributed by atoms with E-state index in [-0.39, 0.29) is 12.4 Å². The number of para-hydroxylation sites is 1. The molecule has 1 atom stereocenters. The van der Waals surface area contributed by atoms with Gasteiger partial charge in [-0.2, -0.15) is 0 Å². The number of nitrogens with zero attached hydrogens (tertiary/aromatic N) is 1. The summed E-state index contributed by atoms with van der Waals surface area (Å²) < 4.78 is 0. The first-order chi connectivity index (χ1) is 17.4. The number of likely N-dealkylation sites (tertiary alicyclic amines) is 1. The number of hydrogen-bond donors (Lipinski definition) is 3. The van der Waals surface area contributed by atoms with Gasteiger partial charge in [0.15, 0.2) is 0 Å². The molecule has 0 saturated carbocycles. The van der Waals surface area contributed by atoms with Crippen molar-refractivity contribution in [3.05, 3.63) is 107 Å². The van der Waals surface area contributed by atoms with Gasteiger partial charge in [0, 0.05) is 29.6 Å². The van der Waals surface area contributed by atoms with Crippen LogP contribution in [0.25, 0.3) is 5.57 Å². The minimum absolute atomic E-state index is 0.0833. The molecule has 1 unspecified atom stereocenters. The first-order valence-corrected chi connectivity index (χ1v) is 13.1. The fourth-order valence-corrected chi connectivity index (χ4v) is 5.28. The van der Waals surface area contributed by atoms with Crippen molar-refractivity contribution in [2.75, 3.05) is 19.7 Å². The van der Waals surface area contributed by atoms with Crippen LogP contribution in [-0.4, -0.2) is 39.9 Å². The molecular formula is C32H39NO3. The van der Waals surface area contributed by atoms with Crippen LogP contribution in [0.1, 0.15) is 68.2 Å². The molecule has 3 aromatic carbocycles. The van der Waals surface area contributed by atoms with Crippen LogP contribution in [0.3, 0.4) is 0 Å². The van der Waals surface area contributed by atoms with Crippen LogP contribution in [0.15, 0.2) is 84.9 Å². The first kappa shape index (κ1) is 26.2. The molecular weight excluding hydrogens is 446 g/mol. The minimum Gasteiger partial charge on any atom is -0.507 e. The van der Waals surface area contributed by atoms with E-state index in [1.807, 2.05) is 68.4 Å². The molecule has 4 heteroatoms. The number of benzene rings is 3. The smallest absolute Gasteiger partial charge is 0.148 e. The Bertz CT molecular complexity index is 1110. The molecule has 0 bridgehead atoms. The molecule has 4 nitrogen and oxygen atoms in total. The maximum absolute atomic E-state index is 12.3. The van der Waals surface area contributed by atoms with E-state index in [9.17, 15) is 15.3 Å². The summed E-state index contributed by atoms with van der Waals surface area (Å²) in [6.45, 7) is 5.29. The lowest BCUT2D eigenvalue weighted by atomic mass is 9.81. The van der Waals surface area contributed by atoms with E-state index in [1.54, 1.807) is 0 Å². The molecule has 1 heterocycles. The number of allylic oxidation sites excluding steroid dienone is 1. The van der Waals surface area contributed by atoms with Crippen LogP contribution in [0.2, 0.25) is 0 Å². The van der Waals surface area contributed by atoms with Crippen molar-refractivity contribution < 1.29 is 15.3 Å². The molecule has 3 aromatic rings. The summed E-state index contributed by atoms with van der Waals surface area (Å²) >= 11 is 0. The van der Waals surface area contributed by atoms with Crippen LogP contribution in [0, 0.1) is 0 Å². The monoisotopic (exact) mass is 485 g/mol. The predicted octanol–water partition coefficient (Wildman–Crippen LogP) is 6.21. The van der Waals surface area contributed by atoms with Gasteiger partial charge in [-0.25, -0.2) is 0 Å². The molecule has 0 radical (unpaired) electrons. The third-order valence-electron chi connectivity index (χ3n) is 7.48. The first-order valence-electron chi connectivity index (χ1n) is 13.1. The van der Waals surface area contributed by atoms with E-state index in [2.05, 4.69) is 35.2 Å². The van der Waals surface area contributed by atoms with E-state index < -0.39 is 11.1 Å². The van der Waals surface area contributed by atoms with Crippen LogP contribution in [-0.2, 0) is 11.1 Å². The second-order valence-electron chi connectivity index (χ2n) is 10.5. The Labute approximate surface area is 215 Å². The highest BCUT2D eigenvalue weighted by atomic mass is 16.3. The molecule has 4 rings (SSSR count). The quantitative estimate of drug-likeness (QED) is 0.337. The van der Waals surface area contributed by atoms with Crippen molar-refractivity contribution in [2.24, 2.45) is 0 Å². The molecule has 0 aliphatic carbocycles. The maximum atomic E-state index is 12.3. The van der Waals surface area contributed by atoms with Crippen LogP contribution < -0.4 is 0 Å². The highest BCUT2D eigenvalue weighted by Crippen LogP contribution is 2.42. The van der Waals surface area contributed by atoms with Crippen LogP contribution >= 0.6 is 0 Å². The lowest BCUT2D eigenvalue weighted by Gasteiger charge is -2.43. The Hall–Kier alpha value is -2.92. The van der Waals surface area contributed by atoms with E-state index in [0.29, 0.717) is 24.0 Å². The SMILES string of the molecule is CC(C)(CO)c1cccc(C(O)(CCC=C(c2ccccc2)c2ccccc2)N2CCCCC2)c1O. The normalized spacial score (nSPS) is 16.3. The summed E-state index contributed by atoms with van der Waals surface area (Å²) in [5.41, 5.74) is 2.68. The molecule has 0 aromatic heterocycles. The van der Waals surface area contributed by atoms with Crippen LogP contribution in [0.5, 0.6) is 5.75 Å². The molecule has 1 saturated heterocycles. The minimum atomic E-state index is -1.30. The number of rotatable bonds is 9. The third kappa shape index (κ3) is 5.57. The second kappa shape index (κ2) is 11.4. The average Bonchev–Trinajstić information content (AvgIpc) is 2.92. The molecule has 36 heavy (non-hydrogen) atoms. The molecule has 190 valence electrons. The summed E-state index contributed by atoms with van der Waals surface area (Å²) in [6, 6.07) is 26.2. The molecule has 3 N–H and O–H groups in total. The lowest BCUT2D eigenvalue weighted by Crippen LogP contribution is -2.48. The largest absolute Gasteiger partial charge is 0.507 e. The van der Waals surface area contributed by atoms with Gasteiger partial charge in [-0.05, 0) is 42.4 Å². The van der Waals surface area contributed by atoms with Gasteiger partial charge in [0.25, 0.3) is 0 Å². The summed E-state index contributed by atoms with van der Waals surface area (Å²) in [5.74, 6) is 0.0833. The number of aliphatic hydroxyl groups is 2. The van der Waals surface area contributed by atoms with Gasteiger partial charge in [0.05, 0.1) is 6.61 Å². The van der Waals surface area contributed by atoms with E-state index in [0.717, 1.165) is 49.1 Å². The average molecular weight is 486 g/mol. The van der Waals surface area contributed by atoms with E-state index >= 15 is 0 Å². The van der Waals surface area contributed by atoms with Crippen molar-refractivity contribution in [1.82, 2.24) is 4.90 Å². The zero-order valence-electron chi connectivity index (χ0n) is 21.5. The molecule has 1 aliphatic heterocycles. The summed E-state index contributed by atoms with van der Waals surface area (Å²) in [7, 11) is 0. The molecule has 0 spiro atoms. The molecule has 1 aliphatic rings. The predicted molar refractivity (Wildman–Crippen MR) is 147 cm³/mol. The summed E-state index contributed by atoms with van der Waals surface area (Å²) in [5, 5.41) is 33.6. The molecule has 1 fully saturated rings. The number of phenols is 1. The van der Waals surface area contributed by atoms with Crippen molar-refractivity contribution in [2.45, 2.75) is 57.1 Å². The van der Waals surface area contributed by atoms with Crippen molar-refractivity contribution in [1.29, 1.82) is 0 Å². The van der Waals surface area contributed by atoms with Gasteiger partial charge >= 0.3 is 0 Å². The number of piperidine rings is 1. The maximum Gasteiger partial charge on any atom is 0.148 e. The third-order valence-corrected chi connectivity index (χ3v) is 7.48. The highest BCUT2D eigenvalue weighted by molar-refractivity contribution is 5.79. The standard InChI is InChI=1S/C32H39NO3/c1-31(2,24-34)28-19-12-20-29(30(28)35)32(36,33-22-10-5-11-23-33)21-13-18-27(25-14-6-3-7-15-25)26-16-8-4-9-17-26/h3-4,6-9,12,14-20,34-36H,5,10-11,13,21-24H2,1-2H3. The second-order valence-corrected chi connectivity index (χ2v) is 10.5. The Kier molecular flexibility index (Phi) is 8.30. The zero-order chi connectivity index (χ0) is 25.6. The van der Waals surface area contributed by atoms with E-state index in [4.69, 9.17) is 0 Å². The van der Waals surface area contributed by atoms with Gasteiger partial charge < -0.3 is 15.3 Å². The fourth-order valence-electron chi connectivity index (χ4n) is 5.28. The van der Waals surface area contributed by atoms with E-state index in [1.165, 1.54) is 0 Å². The van der Waals surface area contributed by atoms with Gasteiger partial charge in [0.2, 0.25) is 0 Å². The van der Waals surface area contributed by atoms with Gasteiger partial charge in [-0.1, -0.05) is 105 Å². The van der Waals surface area contributed by atoms with Crippen molar-refractivity contribution in [3.8, 4) is 5.75 Å². The Morgan fingerprint density at radius 3 is 1.92 bits per heavy atom. The molecule has 0 amide bonds. The number of aliphatic hydroxyl groups excluding tert-OH is 1. The number of aromatic hydroxyl groups is 1. The Balaban J connectivity index is 1.72. The number of hydrogen-bond acceptors (Lipinski definition) is 4. The lowest BCUT2D eigenvalue weighted by molar-refractivity contribution is -0.130. The number of phenolic OH excluding ortho intramolecular Hbond substituents is 1. The van der Waals surface area contributed by atoms with Gasteiger partial charge in [-0.3, -0.25) is 4.90 Å².